The van der Waals surface area contributed by atoms with E-state index in [1.165, 1.54) is 96.3 Å². The molecular formula is C22H44N2O. The third-order valence-corrected chi connectivity index (χ3v) is 5.47. The van der Waals surface area contributed by atoms with Crippen molar-refractivity contribution < 1.29 is 5.11 Å². The maximum atomic E-state index is 9.05. The lowest BCUT2D eigenvalue weighted by Crippen LogP contribution is -2.32. The van der Waals surface area contributed by atoms with E-state index in [1.54, 1.807) is 0 Å². The average Bonchev–Trinajstić information content (AvgIpc) is 3.06. The molecule has 3 nitrogen and oxygen atoms in total. The first kappa shape index (κ1) is 22.6. The van der Waals surface area contributed by atoms with Crippen molar-refractivity contribution in [3.05, 3.63) is 0 Å². The van der Waals surface area contributed by atoms with Gasteiger partial charge in [-0.05, 0) is 12.8 Å². The molecule has 0 radical (unpaired) electrons. The molecule has 1 N–H and O–H groups in total. The molecule has 148 valence electrons. The quantitative estimate of drug-likeness (QED) is 0.309. The van der Waals surface area contributed by atoms with Crippen LogP contribution in [0.15, 0.2) is 4.99 Å². The number of nitrogens with zero attached hydrogens (tertiary/aromatic N) is 2. The standard InChI is InChI=1S/C22H44N2O/c1-2-3-4-5-6-7-8-9-10-11-12-13-14-15-16-17-22-23-18-19-24(22)20-21-25/h18,22,25H,2-17,19-21H2,1H3/t22-/m1/s1. The second-order valence-electron chi connectivity index (χ2n) is 7.77. The molecule has 0 aromatic carbocycles. The summed E-state index contributed by atoms with van der Waals surface area (Å²) in [5, 5.41) is 9.05. The lowest BCUT2D eigenvalue weighted by atomic mass is 10.0. The Labute approximate surface area is 157 Å². The lowest BCUT2D eigenvalue weighted by molar-refractivity contribution is 0.176. The van der Waals surface area contributed by atoms with E-state index in [0.717, 1.165) is 19.5 Å². The van der Waals surface area contributed by atoms with Gasteiger partial charge in [0.1, 0.15) is 6.17 Å². The predicted molar refractivity (Wildman–Crippen MR) is 110 cm³/mol. The fraction of sp³-hybridized carbons (Fsp3) is 0.955. The second kappa shape index (κ2) is 17.0. The topological polar surface area (TPSA) is 35.8 Å². The molecular weight excluding hydrogens is 308 g/mol. The first-order valence-corrected chi connectivity index (χ1v) is 11.2. The van der Waals surface area contributed by atoms with E-state index >= 15 is 0 Å². The maximum absolute atomic E-state index is 9.05. The summed E-state index contributed by atoms with van der Waals surface area (Å²) in [7, 11) is 0. The van der Waals surface area contributed by atoms with Gasteiger partial charge >= 0.3 is 0 Å². The molecule has 0 saturated carbocycles. The summed E-state index contributed by atoms with van der Waals surface area (Å²) in [6.45, 7) is 4.23. The van der Waals surface area contributed by atoms with Crippen molar-refractivity contribution in [2.75, 3.05) is 19.7 Å². The lowest BCUT2D eigenvalue weighted by Gasteiger charge is -2.21. The highest BCUT2D eigenvalue weighted by Crippen LogP contribution is 2.16. The fourth-order valence-corrected chi connectivity index (χ4v) is 3.81. The minimum atomic E-state index is 0.249. The van der Waals surface area contributed by atoms with Gasteiger partial charge in [-0.15, -0.1) is 0 Å². The van der Waals surface area contributed by atoms with E-state index in [1.807, 2.05) is 6.21 Å². The first-order valence-electron chi connectivity index (χ1n) is 11.2. The van der Waals surface area contributed by atoms with Crippen LogP contribution in [0.5, 0.6) is 0 Å². The molecule has 1 aliphatic rings. The summed E-state index contributed by atoms with van der Waals surface area (Å²) in [6.07, 6.45) is 24.7. The van der Waals surface area contributed by atoms with Gasteiger partial charge in [0.15, 0.2) is 0 Å². The van der Waals surface area contributed by atoms with Crippen LogP contribution in [-0.2, 0) is 0 Å². The zero-order chi connectivity index (χ0) is 18.0. The Morgan fingerprint density at radius 2 is 1.28 bits per heavy atom. The number of β-amino-alcohol motifs (C(OH)–C–C–N with tert-alkyl or cyclic N) is 1. The van der Waals surface area contributed by atoms with Gasteiger partial charge in [-0.3, -0.25) is 9.89 Å². The molecule has 1 atom stereocenters. The molecule has 0 bridgehead atoms. The Kier molecular flexibility index (Phi) is 15.4. The summed E-state index contributed by atoms with van der Waals surface area (Å²) < 4.78 is 0. The van der Waals surface area contributed by atoms with E-state index in [-0.39, 0.29) is 6.61 Å². The van der Waals surface area contributed by atoms with Gasteiger partial charge < -0.3 is 5.11 Å². The van der Waals surface area contributed by atoms with Crippen molar-refractivity contribution in [2.45, 2.75) is 116 Å². The molecule has 1 rings (SSSR count). The van der Waals surface area contributed by atoms with Gasteiger partial charge in [0.05, 0.1) is 6.61 Å². The molecule has 1 heterocycles. The zero-order valence-electron chi connectivity index (χ0n) is 16.9. The molecule has 0 fully saturated rings. The highest BCUT2D eigenvalue weighted by molar-refractivity contribution is 5.62. The van der Waals surface area contributed by atoms with Crippen LogP contribution in [-0.4, -0.2) is 42.1 Å². The van der Waals surface area contributed by atoms with Crippen molar-refractivity contribution in [1.82, 2.24) is 4.90 Å². The number of hydrogen-bond acceptors (Lipinski definition) is 3. The fourth-order valence-electron chi connectivity index (χ4n) is 3.81. The SMILES string of the molecule is CCCCCCCCCCCCCCCCC[C@@H]1N=CCN1CCO. The normalized spacial score (nSPS) is 17.6. The molecule has 0 spiro atoms. The van der Waals surface area contributed by atoms with Crippen LogP contribution in [0.2, 0.25) is 0 Å². The van der Waals surface area contributed by atoms with Crippen LogP contribution in [0.1, 0.15) is 110 Å². The number of aliphatic hydroxyl groups excluding tert-OH is 1. The number of aliphatic imine (C=N–C) groups is 1. The average molecular weight is 353 g/mol. The van der Waals surface area contributed by atoms with E-state index < -0.39 is 0 Å². The van der Waals surface area contributed by atoms with Crippen LogP contribution < -0.4 is 0 Å². The second-order valence-corrected chi connectivity index (χ2v) is 7.77. The van der Waals surface area contributed by atoms with E-state index in [0.29, 0.717) is 6.17 Å². The van der Waals surface area contributed by atoms with Crippen molar-refractivity contribution >= 4 is 6.21 Å². The van der Waals surface area contributed by atoms with Crippen LogP contribution in [0.3, 0.4) is 0 Å². The third-order valence-electron chi connectivity index (χ3n) is 5.47. The maximum Gasteiger partial charge on any atom is 0.102 e. The monoisotopic (exact) mass is 352 g/mol. The molecule has 0 aliphatic carbocycles. The van der Waals surface area contributed by atoms with Gasteiger partial charge in [0.25, 0.3) is 0 Å². The van der Waals surface area contributed by atoms with Crippen LogP contribution in [0.25, 0.3) is 0 Å². The smallest absolute Gasteiger partial charge is 0.102 e. The van der Waals surface area contributed by atoms with E-state index in [4.69, 9.17) is 5.11 Å². The Balaban J connectivity index is 1.75. The van der Waals surface area contributed by atoms with Crippen molar-refractivity contribution in [2.24, 2.45) is 4.99 Å². The van der Waals surface area contributed by atoms with Gasteiger partial charge in [0, 0.05) is 19.3 Å². The molecule has 0 aromatic heterocycles. The summed E-state index contributed by atoms with van der Waals surface area (Å²) in [4.78, 5) is 6.81. The third kappa shape index (κ3) is 12.6. The molecule has 0 unspecified atom stereocenters. The Morgan fingerprint density at radius 3 is 1.76 bits per heavy atom. The zero-order valence-corrected chi connectivity index (χ0v) is 16.9. The van der Waals surface area contributed by atoms with E-state index in [2.05, 4.69) is 16.8 Å². The van der Waals surface area contributed by atoms with Crippen LogP contribution in [0, 0.1) is 0 Å². The number of hydrogen-bond donors (Lipinski definition) is 1. The number of rotatable bonds is 18. The Hall–Kier alpha value is -0.410. The van der Waals surface area contributed by atoms with E-state index in [9.17, 15) is 0 Å². The molecule has 3 heteroatoms. The highest BCUT2D eigenvalue weighted by Gasteiger charge is 2.19. The molecule has 1 aliphatic heterocycles. The highest BCUT2D eigenvalue weighted by atomic mass is 16.3. The van der Waals surface area contributed by atoms with Gasteiger partial charge in [-0.25, -0.2) is 0 Å². The first-order chi connectivity index (χ1) is 12.4. The van der Waals surface area contributed by atoms with Gasteiger partial charge in [-0.1, -0.05) is 96.8 Å². The molecule has 0 aromatic rings. The molecule has 25 heavy (non-hydrogen) atoms. The summed E-state index contributed by atoms with van der Waals surface area (Å²) in [5.41, 5.74) is 0. The van der Waals surface area contributed by atoms with Crippen LogP contribution in [0.4, 0.5) is 0 Å². The number of aliphatic hydroxyl groups is 1. The summed E-state index contributed by atoms with van der Waals surface area (Å²) >= 11 is 0. The minimum absolute atomic E-state index is 0.249. The van der Waals surface area contributed by atoms with Crippen LogP contribution >= 0.6 is 0 Å². The van der Waals surface area contributed by atoms with Crippen molar-refractivity contribution in [1.29, 1.82) is 0 Å². The van der Waals surface area contributed by atoms with Crippen molar-refractivity contribution in [3.63, 3.8) is 0 Å². The minimum Gasteiger partial charge on any atom is -0.395 e. The number of unbranched alkanes of at least 4 members (excludes halogenated alkanes) is 14. The van der Waals surface area contributed by atoms with Gasteiger partial charge in [0.2, 0.25) is 0 Å². The molecule has 0 saturated heterocycles. The summed E-state index contributed by atoms with van der Waals surface area (Å²) in [5.74, 6) is 0. The predicted octanol–water partition coefficient (Wildman–Crippen LogP) is 5.95. The van der Waals surface area contributed by atoms with Gasteiger partial charge in [-0.2, -0.15) is 0 Å². The Morgan fingerprint density at radius 1 is 0.800 bits per heavy atom. The van der Waals surface area contributed by atoms with Crippen molar-refractivity contribution in [3.8, 4) is 0 Å². The Bertz CT molecular complexity index is 306. The largest absolute Gasteiger partial charge is 0.395 e. The molecule has 0 amide bonds. The summed E-state index contributed by atoms with van der Waals surface area (Å²) in [6, 6.07) is 0.